The van der Waals surface area contributed by atoms with Crippen molar-refractivity contribution in [2.45, 2.75) is 13.8 Å². The molecule has 0 saturated heterocycles. The Morgan fingerprint density at radius 3 is 2.55 bits per heavy atom. The van der Waals surface area contributed by atoms with Crippen molar-refractivity contribution in [2.75, 3.05) is 7.11 Å². The third kappa shape index (κ3) is 2.74. The van der Waals surface area contributed by atoms with Crippen LogP contribution < -0.4 is 4.74 Å². The molecule has 0 aliphatic carbocycles. The topological polar surface area (TPSA) is 26.3 Å². The molecule has 0 saturated carbocycles. The zero-order chi connectivity index (χ0) is 14.9. The van der Waals surface area contributed by atoms with Crippen molar-refractivity contribution in [3.8, 4) is 5.75 Å². The number of rotatable bonds is 3. The summed E-state index contributed by atoms with van der Waals surface area (Å²) in [6, 6.07) is 8.96. The summed E-state index contributed by atoms with van der Waals surface area (Å²) in [4.78, 5) is 12.7. The second kappa shape index (κ2) is 5.98. The molecule has 0 bridgehead atoms. The predicted octanol–water partition coefficient (Wildman–Crippen LogP) is 4.96. The molecule has 4 heteroatoms. The molecular formula is C16H14BrClO2. The fraction of sp³-hybridized carbons (Fsp3) is 0.188. The van der Waals surface area contributed by atoms with E-state index in [-0.39, 0.29) is 5.78 Å². The molecule has 0 radical (unpaired) electrons. The second-order valence-electron chi connectivity index (χ2n) is 4.54. The maximum absolute atomic E-state index is 12.7. The first kappa shape index (κ1) is 15.1. The summed E-state index contributed by atoms with van der Waals surface area (Å²) in [6.45, 7) is 3.79. The second-order valence-corrected chi connectivity index (χ2v) is 5.80. The number of ketones is 1. The summed E-state index contributed by atoms with van der Waals surface area (Å²) in [6.07, 6.45) is 0. The molecule has 0 spiro atoms. The molecular weight excluding hydrogens is 340 g/mol. The maximum atomic E-state index is 12.7. The van der Waals surface area contributed by atoms with Crippen molar-refractivity contribution >= 4 is 33.3 Å². The average Bonchev–Trinajstić information content (AvgIpc) is 2.43. The van der Waals surface area contributed by atoms with Gasteiger partial charge >= 0.3 is 0 Å². The number of benzene rings is 2. The lowest BCUT2D eigenvalue weighted by Crippen LogP contribution is -2.06. The fourth-order valence-electron chi connectivity index (χ4n) is 2.00. The lowest BCUT2D eigenvalue weighted by molar-refractivity contribution is 0.103. The van der Waals surface area contributed by atoms with Crippen molar-refractivity contribution in [1.29, 1.82) is 0 Å². The van der Waals surface area contributed by atoms with Gasteiger partial charge in [0.05, 0.1) is 12.7 Å². The lowest BCUT2D eigenvalue weighted by atomic mass is 9.97. The van der Waals surface area contributed by atoms with Gasteiger partial charge in [0.25, 0.3) is 0 Å². The van der Waals surface area contributed by atoms with E-state index in [1.54, 1.807) is 31.4 Å². The van der Waals surface area contributed by atoms with Crippen LogP contribution in [0.4, 0.5) is 0 Å². The van der Waals surface area contributed by atoms with Gasteiger partial charge in [-0.05, 0) is 43.2 Å². The van der Waals surface area contributed by atoms with E-state index < -0.39 is 0 Å². The standard InChI is InChI=1S/C16H14BrClO2/c1-9-7-15(20-3)12(8-13(9)17)16(19)11-5-4-6-14(18)10(11)2/h4-8H,1-3H3. The first-order valence-corrected chi connectivity index (χ1v) is 7.26. The quantitative estimate of drug-likeness (QED) is 0.729. The largest absolute Gasteiger partial charge is 0.496 e. The molecule has 0 unspecified atom stereocenters. The van der Waals surface area contributed by atoms with Gasteiger partial charge in [0.2, 0.25) is 0 Å². The minimum atomic E-state index is -0.0949. The van der Waals surface area contributed by atoms with E-state index in [1.807, 2.05) is 19.9 Å². The van der Waals surface area contributed by atoms with Gasteiger partial charge in [-0.1, -0.05) is 39.7 Å². The van der Waals surface area contributed by atoms with Gasteiger partial charge in [0, 0.05) is 15.1 Å². The Bertz CT molecular complexity index is 680. The van der Waals surface area contributed by atoms with Crippen molar-refractivity contribution in [1.82, 2.24) is 0 Å². The van der Waals surface area contributed by atoms with Crippen molar-refractivity contribution in [2.24, 2.45) is 0 Å². The first-order valence-electron chi connectivity index (χ1n) is 6.09. The summed E-state index contributed by atoms with van der Waals surface area (Å²) < 4.78 is 6.20. The van der Waals surface area contributed by atoms with Crippen LogP contribution in [0.5, 0.6) is 5.75 Å². The van der Waals surface area contributed by atoms with Gasteiger partial charge in [0.1, 0.15) is 5.75 Å². The van der Waals surface area contributed by atoms with E-state index in [4.69, 9.17) is 16.3 Å². The molecule has 2 aromatic carbocycles. The Morgan fingerprint density at radius 2 is 1.90 bits per heavy atom. The van der Waals surface area contributed by atoms with E-state index in [0.717, 1.165) is 15.6 Å². The van der Waals surface area contributed by atoms with Crippen LogP contribution in [0.1, 0.15) is 27.0 Å². The maximum Gasteiger partial charge on any atom is 0.197 e. The number of halogens is 2. The molecule has 0 aliphatic rings. The third-order valence-electron chi connectivity index (χ3n) is 3.24. The van der Waals surface area contributed by atoms with E-state index >= 15 is 0 Å². The zero-order valence-corrected chi connectivity index (χ0v) is 13.8. The Morgan fingerprint density at radius 1 is 1.20 bits per heavy atom. The Balaban J connectivity index is 2.59. The van der Waals surface area contributed by atoms with Crippen LogP contribution in [0.15, 0.2) is 34.8 Å². The Labute approximate surface area is 131 Å². The molecule has 104 valence electrons. The SMILES string of the molecule is COc1cc(C)c(Br)cc1C(=O)c1cccc(Cl)c1C. The molecule has 20 heavy (non-hydrogen) atoms. The van der Waals surface area contributed by atoms with Gasteiger partial charge in [-0.25, -0.2) is 0 Å². The number of methoxy groups -OCH3 is 1. The van der Waals surface area contributed by atoms with E-state index in [0.29, 0.717) is 21.9 Å². The minimum Gasteiger partial charge on any atom is -0.496 e. The van der Waals surface area contributed by atoms with Crippen LogP contribution in [0.2, 0.25) is 5.02 Å². The molecule has 0 N–H and O–H groups in total. The highest BCUT2D eigenvalue weighted by Crippen LogP contribution is 2.30. The lowest BCUT2D eigenvalue weighted by Gasteiger charge is -2.12. The van der Waals surface area contributed by atoms with Crippen LogP contribution in [-0.2, 0) is 0 Å². The Kier molecular flexibility index (Phi) is 4.51. The van der Waals surface area contributed by atoms with Gasteiger partial charge in [-0.3, -0.25) is 4.79 Å². The number of carbonyl (C=O) groups excluding carboxylic acids is 1. The third-order valence-corrected chi connectivity index (χ3v) is 4.50. The summed E-state index contributed by atoms with van der Waals surface area (Å²) in [7, 11) is 1.56. The summed E-state index contributed by atoms with van der Waals surface area (Å²) in [5.41, 5.74) is 2.90. The molecule has 0 amide bonds. The summed E-state index contributed by atoms with van der Waals surface area (Å²) in [5, 5.41) is 0.584. The number of carbonyl (C=O) groups is 1. The highest BCUT2D eigenvalue weighted by molar-refractivity contribution is 9.10. The zero-order valence-electron chi connectivity index (χ0n) is 11.5. The van der Waals surface area contributed by atoms with Crippen molar-refractivity contribution < 1.29 is 9.53 Å². The monoisotopic (exact) mass is 352 g/mol. The van der Waals surface area contributed by atoms with E-state index in [2.05, 4.69) is 15.9 Å². The Hall–Kier alpha value is -1.32. The smallest absolute Gasteiger partial charge is 0.197 e. The van der Waals surface area contributed by atoms with Gasteiger partial charge in [-0.15, -0.1) is 0 Å². The van der Waals surface area contributed by atoms with Gasteiger partial charge < -0.3 is 4.74 Å². The molecule has 0 fully saturated rings. The molecule has 2 aromatic rings. The van der Waals surface area contributed by atoms with Gasteiger partial charge in [0.15, 0.2) is 5.78 Å². The fourth-order valence-corrected chi connectivity index (χ4v) is 2.52. The molecule has 0 aliphatic heterocycles. The average molecular weight is 354 g/mol. The number of aryl methyl sites for hydroxylation is 1. The van der Waals surface area contributed by atoms with E-state index in [9.17, 15) is 4.79 Å². The van der Waals surface area contributed by atoms with Crippen LogP contribution in [0.25, 0.3) is 0 Å². The van der Waals surface area contributed by atoms with Crippen LogP contribution in [0.3, 0.4) is 0 Å². The normalized spacial score (nSPS) is 10.4. The highest BCUT2D eigenvalue weighted by Gasteiger charge is 2.18. The predicted molar refractivity (Wildman–Crippen MR) is 85.1 cm³/mol. The van der Waals surface area contributed by atoms with Crippen LogP contribution in [-0.4, -0.2) is 12.9 Å². The van der Waals surface area contributed by atoms with Crippen molar-refractivity contribution in [3.63, 3.8) is 0 Å². The molecule has 0 aromatic heterocycles. The highest BCUT2D eigenvalue weighted by atomic mass is 79.9. The van der Waals surface area contributed by atoms with Crippen LogP contribution in [0, 0.1) is 13.8 Å². The summed E-state index contributed by atoms with van der Waals surface area (Å²) in [5.74, 6) is 0.470. The molecule has 0 heterocycles. The van der Waals surface area contributed by atoms with Crippen LogP contribution >= 0.6 is 27.5 Å². The van der Waals surface area contributed by atoms with Gasteiger partial charge in [-0.2, -0.15) is 0 Å². The van der Waals surface area contributed by atoms with E-state index in [1.165, 1.54) is 0 Å². The molecule has 2 rings (SSSR count). The molecule has 0 atom stereocenters. The minimum absolute atomic E-state index is 0.0949. The first-order chi connectivity index (χ1) is 9.45. The van der Waals surface area contributed by atoms with Crippen molar-refractivity contribution in [3.05, 3.63) is 62.1 Å². The molecule has 2 nitrogen and oxygen atoms in total. The number of hydrogen-bond acceptors (Lipinski definition) is 2. The summed E-state index contributed by atoms with van der Waals surface area (Å²) >= 11 is 9.53. The number of hydrogen-bond donors (Lipinski definition) is 0. The number of ether oxygens (including phenoxy) is 1.